The van der Waals surface area contributed by atoms with Crippen LogP contribution < -0.4 is 0 Å². The van der Waals surface area contributed by atoms with Crippen molar-refractivity contribution in [1.82, 2.24) is 0 Å². The molecule has 2 aromatic carbocycles. The molecule has 0 fully saturated rings. The maximum absolute atomic E-state index is 12.0. The number of allylic oxidation sites excluding steroid dienone is 2. The van der Waals surface area contributed by atoms with E-state index in [2.05, 4.69) is 0 Å². The SMILES string of the molecule is O=C1C=C(c2ccccc2)Cc2ccccc21. The molecule has 0 aliphatic heterocycles. The van der Waals surface area contributed by atoms with Gasteiger partial charge in [-0.2, -0.15) is 0 Å². The molecule has 0 amide bonds. The van der Waals surface area contributed by atoms with E-state index in [9.17, 15) is 4.79 Å². The Kier molecular flexibility index (Phi) is 2.37. The van der Waals surface area contributed by atoms with Gasteiger partial charge in [0.15, 0.2) is 5.78 Å². The van der Waals surface area contributed by atoms with Crippen molar-refractivity contribution >= 4 is 11.4 Å². The molecule has 1 aliphatic carbocycles. The standard InChI is InChI=1S/C16H12O/c17-16-11-14(12-6-2-1-3-7-12)10-13-8-4-5-9-15(13)16/h1-9,11H,10H2. The fraction of sp³-hybridized carbons (Fsp3) is 0.0625. The summed E-state index contributed by atoms with van der Waals surface area (Å²) in [6.45, 7) is 0. The highest BCUT2D eigenvalue weighted by molar-refractivity contribution is 6.11. The van der Waals surface area contributed by atoms with Gasteiger partial charge in [0.1, 0.15) is 0 Å². The summed E-state index contributed by atoms with van der Waals surface area (Å²) in [7, 11) is 0. The molecule has 0 atom stereocenters. The molecule has 2 aromatic rings. The first kappa shape index (κ1) is 10.0. The minimum Gasteiger partial charge on any atom is -0.289 e. The molecule has 0 aromatic heterocycles. The van der Waals surface area contributed by atoms with Gasteiger partial charge in [-0.25, -0.2) is 0 Å². The highest BCUT2D eigenvalue weighted by Gasteiger charge is 2.17. The molecular formula is C16H12O. The highest BCUT2D eigenvalue weighted by atomic mass is 16.1. The summed E-state index contributed by atoms with van der Waals surface area (Å²) in [6, 6.07) is 17.9. The van der Waals surface area contributed by atoms with Crippen LogP contribution >= 0.6 is 0 Å². The first-order chi connectivity index (χ1) is 8.34. The zero-order chi connectivity index (χ0) is 11.7. The van der Waals surface area contributed by atoms with E-state index in [1.165, 1.54) is 0 Å². The number of benzene rings is 2. The Morgan fingerprint density at radius 3 is 2.35 bits per heavy atom. The lowest BCUT2D eigenvalue weighted by Gasteiger charge is -2.16. The summed E-state index contributed by atoms with van der Waals surface area (Å²) in [5.74, 6) is 0.116. The van der Waals surface area contributed by atoms with Crippen LogP contribution in [-0.4, -0.2) is 5.78 Å². The first-order valence-electron chi connectivity index (χ1n) is 5.73. The molecule has 1 nitrogen and oxygen atoms in total. The minimum atomic E-state index is 0.116. The molecule has 0 N–H and O–H groups in total. The topological polar surface area (TPSA) is 17.1 Å². The van der Waals surface area contributed by atoms with E-state index >= 15 is 0 Å². The van der Waals surface area contributed by atoms with Crippen molar-refractivity contribution in [2.75, 3.05) is 0 Å². The second-order valence-electron chi connectivity index (χ2n) is 4.23. The monoisotopic (exact) mass is 220 g/mol. The molecular weight excluding hydrogens is 208 g/mol. The van der Waals surface area contributed by atoms with Crippen LogP contribution in [0.15, 0.2) is 60.7 Å². The molecule has 0 spiro atoms. The Balaban J connectivity index is 2.05. The van der Waals surface area contributed by atoms with Gasteiger partial charge in [0.05, 0.1) is 0 Å². The minimum absolute atomic E-state index is 0.116. The second-order valence-corrected chi connectivity index (χ2v) is 4.23. The lowest BCUT2D eigenvalue weighted by molar-refractivity contribution is 0.104. The van der Waals surface area contributed by atoms with E-state index in [4.69, 9.17) is 0 Å². The molecule has 82 valence electrons. The molecule has 3 rings (SSSR count). The molecule has 0 saturated carbocycles. The van der Waals surface area contributed by atoms with Gasteiger partial charge >= 0.3 is 0 Å². The average molecular weight is 220 g/mol. The molecule has 0 saturated heterocycles. The zero-order valence-electron chi connectivity index (χ0n) is 9.39. The van der Waals surface area contributed by atoms with E-state index in [1.807, 2.05) is 54.6 Å². The summed E-state index contributed by atoms with van der Waals surface area (Å²) in [6.07, 6.45) is 2.60. The first-order valence-corrected chi connectivity index (χ1v) is 5.73. The summed E-state index contributed by atoms with van der Waals surface area (Å²) < 4.78 is 0. The number of ketones is 1. The van der Waals surface area contributed by atoms with Gasteiger partial charge in [0.25, 0.3) is 0 Å². The average Bonchev–Trinajstić information content (AvgIpc) is 2.40. The van der Waals surface area contributed by atoms with Gasteiger partial charge in [0, 0.05) is 5.56 Å². The molecule has 1 aliphatic rings. The number of hydrogen-bond acceptors (Lipinski definition) is 1. The van der Waals surface area contributed by atoms with E-state index in [-0.39, 0.29) is 5.78 Å². The van der Waals surface area contributed by atoms with E-state index in [0.29, 0.717) is 0 Å². The Bertz CT molecular complexity index is 594. The fourth-order valence-electron chi connectivity index (χ4n) is 2.24. The zero-order valence-corrected chi connectivity index (χ0v) is 9.39. The van der Waals surface area contributed by atoms with Crippen LogP contribution in [0.4, 0.5) is 0 Å². The number of hydrogen-bond donors (Lipinski definition) is 0. The van der Waals surface area contributed by atoms with Crippen LogP contribution in [0.2, 0.25) is 0 Å². The molecule has 17 heavy (non-hydrogen) atoms. The van der Waals surface area contributed by atoms with Crippen molar-refractivity contribution in [2.45, 2.75) is 6.42 Å². The van der Waals surface area contributed by atoms with Gasteiger partial charge in [0.2, 0.25) is 0 Å². The third kappa shape index (κ3) is 1.80. The molecule has 0 bridgehead atoms. The molecule has 1 heteroatoms. The Hall–Kier alpha value is -2.15. The number of rotatable bonds is 1. The molecule has 0 heterocycles. The van der Waals surface area contributed by atoms with Crippen molar-refractivity contribution in [3.63, 3.8) is 0 Å². The van der Waals surface area contributed by atoms with Crippen molar-refractivity contribution < 1.29 is 4.79 Å². The summed E-state index contributed by atoms with van der Waals surface area (Å²) in [4.78, 5) is 12.0. The Morgan fingerprint density at radius 1 is 0.824 bits per heavy atom. The number of fused-ring (bicyclic) bond motifs is 1. The largest absolute Gasteiger partial charge is 0.289 e. The number of carbonyl (C=O) groups is 1. The molecule has 0 radical (unpaired) electrons. The van der Waals surface area contributed by atoms with Gasteiger partial charge in [-0.1, -0.05) is 54.6 Å². The van der Waals surface area contributed by atoms with Crippen LogP contribution in [0.5, 0.6) is 0 Å². The van der Waals surface area contributed by atoms with Crippen LogP contribution in [0.3, 0.4) is 0 Å². The maximum atomic E-state index is 12.0. The van der Waals surface area contributed by atoms with Crippen molar-refractivity contribution in [2.24, 2.45) is 0 Å². The van der Waals surface area contributed by atoms with Crippen LogP contribution in [0, 0.1) is 0 Å². The van der Waals surface area contributed by atoms with Crippen LogP contribution in [0.1, 0.15) is 21.5 Å². The van der Waals surface area contributed by atoms with Gasteiger partial charge in [-0.15, -0.1) is 0 Å². The lowest BCUT2D eigenvalue weighted by Crippen LogP contribution is -2.08. The van der Waals surface area contributed by atoms with Crippen LogP contribution in [0.25, 0.3) is 5.57 Å². The second kappa shape index (κ2) is 4.02. The predicted molar refractivity (Wildman–Crippen MR) is 68.9 cm³/mol. The van der Waals surface area contributed by atoms with E-state index in [1.54, 1.807) is 6.08 Å². The Labute approximate surface area is 100 Å². The number of carbonyl (C=O) groups excluding carboxylic acids is 1. The van der Waals surface area contributed by atoms with Gasteiger partial charge in [-0.3, -0.25) is 4.79 Å². The quantitative estimate of drug-likeness (QED) is 0.718. The van der Waals surface area contributed by atoms with E-state index in [0.717, 1.165) is 28.7 Å². The summed E-state index contributed by atoms with van der Waals surface area (Å²) in [5.41, 5.74) is 4.20. The van der Waals surface area contributed by atoms with E-state index < -0.39 is 0 Å². The van der Waals surface area contributed by atoms with Crippen molar-refractivity contribution in [3.05, 3.63) is 77.4 Å². The van der Waals surface area contributed by atoms with Crippen molar-refractivity contribution in [3.8, 4) is 0 Å². The Morgan fingerprint density at radius 2 is 1.53 bits per heavy atom. The van der Waals surface area contributed by atoms with Crippen molar-refractivity contribution in [1.29, 1.82) is 0 Å². The van der Waals surface area contributed by atoms with Gasteiger partial charge in [-0.05, 0) is 29.2 Å². The predicted octanol–water partition coefficient (Wildman–Crippen LogP) is 3.51. The normalized spacial score (nSPS) is 14.1. The smallest absolute Gasteiger partial charge is 0.186 e. The van der Waals surface area contributed by atoms with Gasteiger partial charge < -0.3 is 0 Å². The summed E-state index contributed by atoms with van der Waals surface area (Å²) in [5, 5.41) is 0. The third-order valence-electron chi connectivity index (χ3n) is 3.11. The lowest BCUT2D eigenvalue weighted by atomic mass is 9.87. The highest BCUT2D eigenvalue weighted by Crippen LogP contribution is 2.27. The summed E-state index contributed by atoms with van der Waals surface area (Å²) >= 11 is 0. The fourth-order valence-corrected chi connectivity index (χ4v) is 2.24. The third-order valence-corrected chi connectivity index (χ3v) is 3.11. The molecule has 0 unspecified atom stereocenters. The van der Waals surface area contributed by atoms with Crippen LogP contribution in [-0.2, 0) is 6.42 Å². The maximum Gasteiger partial charge on any atom is 0.186 e.